The molecule has 0 amide bonds. The molecule has 3 nitrogen and oxygen atoms in total. The van der Waals surface area contributed by atoms with Crippen molar-refractivity contribution in [2.45, 2.75) is 51.9 Å². The molecule has 4 fully saturated rings. The van der Waals surface area contributed by atoms with E-state index >= 15 is 0 Å². The minimum Gasteiger partial charge on any atom is -0.481 e. The molecule has 1 atom stereocenters. The first-order chi connectivity index (χ1) is 8.48. The lowest BCUT2D eigenvalue weighted by Crippen LogP contribution is -2.50. The van der Waals surface area contributed by atoms with Gasteiger partial charge in [-0.25, -0.2) is 0 Å². The maximum Gasteiger partial charge on any atom is 0.306 e. The molecule has 0 aromatic rings. The van der Waals surface area contributed by atoms with Gasteiger partial charge in [0.15, 0.2) is 0 Å². The lowest BCUT2D eigenvalue weighted by Gasteiger charge is -2.56. The number of hydrogen-bond acceptors (Lipinski definition) is 2. The number of carbonyl (C=O) groups is 2. The van der Waals surface area contributed by atoms with Crippen LogP contribution in [0.1, 0.15) is 51.9 Å². The van der Waals surface area contributed by atoms with Gasteiger partial charge in [0.1, 0.15) is 5.78 Å². The van der Waals surface area contributed by atoms with Crippen LogP contribution in [0.4, 0.5) is 0 Å². The minimum atomic E-state index is -0.840. The van der Waals surface area contributed by atoms with Gasteiger partial charge in [-0.15, -0.1) is 0 Å². The van der Waals surface area contributed by atoms with E-state index in [1.807, 2.05) is 0 Å². The van der Waals surface area contributed by atoms with Crippen molar-refractivity contribution in [3.8, 4) is 0 Å². The highest BCUT2D eigenvalue weighted by Gasteiger charge is 2.54. The summed E-state index contributed by atoms with van der Waals surface area (Å²) in [5.74, 6) is 1.14. The monoisotopic (exact) mass is 250 g/mol. The Hall–Kier alpha value is -0.860. The van der Waals surface area contributed by atoms with Gasteiger partial charge in [0.25, 0.3) is 0 Å². The fourth-order valence-corrected chi connectivity index (χ4v) is 5.03. The van der Waals surface area contributed by atoms with Crippen LogP contribution < -0.4 is 0 Å². The summed E-state index contributed by atoms with van der Waals surface area (Å²) in [5, 5.41) is 8.96. The number of Topliss-reactive ketones (excluding diaryl/α,β-unsaturated/α-hetero) is 1. The molecular weight excluding hydrogens is 228 g/mol. The van der Waals surface area contributed by atoms with Gasteiger partial charge < -0.3 is 5.11 Å². The van der Waals surface area contributed by atoms with Crippen molar-refractivity contribution in [3.05, 3.63) is 0 Å². The standard InChI is InChI=1S/C15H22O3/c1-9(14(17)18)2-13(16)15-6-10-3-11(7-15)5-12(4-10)8-15/h9-12H,2-8H2,1H3,(H,17,18). The zero-order chi connectivity index (χ0) is 12.9. The second kappa shape index (κ2) is 4.07. The van der Waals surface area contributed by atoms with Crippen molar-refractivity contribution in [3.63, 3.8) is 0 Å². The first-order valence-electron chi connectivity index (χ1n) is 7.24. The molecule has 0 aromatic heterocycles. The van der Waals surface area contributed by atoms with E-state index in [-0.39, 0.29) is 17.6 Å². The van der Waals surface area contributed by atoms with Gasteiger partial charge in [-0.3, -0.25) is 9.59 Å². The Morgan fingerprint density at radius 3 is 1.94 bits per heavy atom. The predicted molar refractivity (Wildman–Crippen MR) is 67.0 cm³/mol. The highest BCUT2D eigenvalue weighted by Crippen LogP contribution is 2.60. The lowest BCUT2D eigenvalue weighted by molar-refractivity contribution is -0.150. The second-order valence-corrected chi connectivity index (χ2v) is 7.06. The fourth-order valence-electron chi connectivity index (χ4n) is 5.03. The van der Waals surface area contributed by atoms with E-state index in [9.17, 15) is 9.59 Å². The van der Waals surface area contributed by atoms with Gasteiger partial charge in [-0.2, -0.15) is 0 Å². The van der Waals surface area contributed by atoms with Crippen molar-refractivity contribution < 1.29 is 14.7 Å². The van der Waals surface area contributed by atoms with E-state index in [1.54, 1.807) is 6.92 Å². The van der Waals surface area contributed by atoms with E-state index in [4.69, 9.17) is 5.11 Å². The number of rotatable bonds is 4. The maximum atomic E-state index is 12.5. The summed E-state index contributed by atoms with van der Waals surface area (Å²) in [6.07, 6.45) is 7.34. The number of carboxylic acid groups (broad SMARTS) is 1. The van der Waals surface area contributed by atoms with Crippen molar-refractivity contribution in [1.29, 1.82) is 0 Å². The summed E-state index contributed by atoms with van der Waals surface area (Å²) in [7, 11) is 0. The third kappa shape index (κ3) is 1.88. The summed E-state index contributed by atoms with van der Waals surface area (Å²) in [5.41, 5.74) is -0.127. The Kier molecular flexibility index (Phi) is 2.76. The van der Waals surface area contributed by atoms with Crippen LogP contribution in [0.15, 0.2) is 0 Å². The average Bonchev–Trinajstić information content (AvgIpc) is 2.26. The molecule has 0 radical (unpaired) electrons. The van der Waals surface area contributed by atoms with Crippen molar-refractivity contribution >= 4 is 11.8 Å². The Morgan fingerprint density at radius 2 is 1.56 bits per heavy atom. The van der Waals surface area contributed by atoms with Crippen LogP contribution in [0.3, 0.4) is 0 Å². The highest BCUT2D eigenvalue weighted by molar-refractivity contribution is 5.88. The van der Waals surface area contributed by atoms with E-state index in [2.05, 4.69) is 0 Å². The number of aliphatic carboxylic acids is 1. The van der Waals surface area contributed by atoms with E-state index in [1.165, 1.54) is 19.3 Å². The van der Waals surface area contributed by atoms with Crippen LogP contribution in [-0.2, 0) is 9.59 Å². The molecular formula is C15H22O3. The van der Waals surface area contributed by atoms with E-state index < -0.39 is 11.9 Å². The van der Waals surface area contributed by atoms with Crippen LogP contribution in [0.25, 0.3) is 0 Å². The van der Waals surface area contributed by atoms with Gasteiger partial charge in [0.05, 0.1) is 5.92 Å². The van der Waals surface area contributed by atoms with E-state index in [0.29, 0.717) is 0 Å². The second-order valence-electron chi connectivity index (χ2n) is 7.06. The van der Waals surface area contributed by atoms with Crippen LogP contribution >= 0.6 is 0 Å². The largest absolute Gasteiger partial charge is 0.481 e. The smallest absolute Gasteiger partial charge is 0.306 e. The summed E-state index contributed by atoms with van der Waals surface area (Å²) >= 11 is 0. The first-order valence-corrected chi connectivity index (χ1v) is 7.24. The number of carboxylic acids is 1. The molecule has 4 saturated carbocycles. The highest BCUT2D eigenvalue weighted by atomic mass is 16.4. The molecule has 4 rings (SSSR count). The van der Waals surface area contributed by atoms with Crippen LogP contribution in [0, 0.1) is 29.1 Å². The average molecular weight is 250 g/mol. The molecule has 18 heavy (non-hydrogen) atoms. The van der Waals surface area contributed by atoms with Gasteiger partial charge in [0, 0.05) is 11.8 Å². The Balaban J connectivity index is 1.75. The first kappa shape index (κ1) is 12.2. The van der Waals surface area contributed by atoms with Gasteiger partial charge in [-0.05, 0) is 56.3 Å². The molecule has 4 aliphatic rings. The zero-order valence-electron chi connectivity index (χ0n) is 11.0. The molecule has 3 heteroatoms. The van der Waals surface area contributed by atoms with Crippen molar-refractivity contribution in [1.82, 2.24) is 0 Å². The Labute approximate surface area is 108 Å². The molecule has 4 bridgehead atoms. The summed E-state index contributed by atoms with van der Waals surface area (Å²) < 4.78 is 0. The molecule has 0 saturated heterocycles. The molecule has 0 aliphatic heterocycles. The molecule has 0 aromatic carbocycles. The summed E-state index contributed by atoms with van der Waals surface area (Å²) in [6.45, 7) is 1.65. The number of carbonyl (C=O) groups excluding carboxylic acids is 1. The molecule has 4 aliphatic carbocycles. The molecule has 100 valence electrons. The van der Waals surface area contributed by atoms with Gasteiger partial charge in [0.2, 0.25) is 0 Å². The number of hydrogen-bond donors (Lipinski definition) is 1. The van der Waals surface area contributed by atoms with Gasteiger partial charge in [-0.1, -0.05) is 6.92 Å². The molecule has 1 N–H and O–H groups in total. The van der Waals surface area contributed by atoms with Crippen molar-refractivity contribution in [2.75, 3.05) is 0 Å². The maximum absolute atomic E-state index is 12.5. The van der Waals surface area contributed by atoms with E-state index in [0.717, 1.165) is 37.0 Å². The molecule has 0 spiro atoms. The molecule has 1 unspecified atom stereocenters. The minimum absolute atomic E-state index is 0.127. The quantitative estimate of drug-likeness (QED) is 0.834. The van der Waals surface area contributed by atoms with Gasteiger partial charge >= 0.3 is 5.97 Å². The Bertz CT molecular complexity index is 350. The normalized spacial score (nSPS) is 42.8. The number of ketones is 1. The fraction of sp³-hybridized carbons (Fsp3) is 0.867. The SMILES string of the molecule is CC(CC(=O)C12CC3CC(CC(C3)C1)C2)C(=O)O. The van der Waals surface area contributed by atoms with Crippen molar-refractivity contribution in [2.24, 2.45) is 29.1 Å². The summed E-state index contributed by atoms with van der Waals surface area (Å²) in [4.78, 5) is 23.5. The zero-order valence-corrected chi connectivity index (χ0v) is 11.0. The summed E-state index contributed by atoms with van der Waals surface area (Å²) in [6, 6.07) is 0. The third-order valence-electron chi connectivity index (χ3n) is 5.54. The third-order valence-corrected chi connectivity index (χ3v) is 5.54. The predicted octanol–water partition coefficient (Wildman–Crippen LogP) is 2.88. The van der Waals surface area contributed by atoms with Crippen LogP contribution in [0.5, 0.6) is 0 Å². The Morgan fingerprint density at radius 1 is 1.11 bits per heavy atom. The van der Waals surface area contributed by atoms with Crippen LogP contribution in [0.2, 0.25) is 0 Å². The lowest BCUT2D eigenvalue weighted by atomic mass is 9.48. The topological polar surface area (TPSA) is 54.4 Å². The molecule has 0 heterocycles. The van der Waals surface area contributed by atoms with Crippen LogP contribution in [-0.4, -0.2) is 16.9 Å².